The van der Waals surface area contributed by atoms with E-state index in [1.54, 1.807) is 37.3 Å². The van der Waals surface area contributed by atoms with Gasteiger partial charge in [-0.3, -0.25) is 14.9 Å². The second kappa shape index (κ2) is 7.74. The van der Waals surface area contributed by atoms with Crippen molar-refractivity contribution >= 4 is 11.6 Å². The predicted octanol–water partition coefficient (Wildman–Crippen LogP) is 2.72. The molecule has 0 saturated carbocycles. The topological polar surface area (TPSA) is 105 Å². The molecule has 122 valence electrons. The number of nitriles is 1. The minimum absolute atomic E-state index is 0.0451. The minimum Gasteiger partial charge on any atom is -0.477 e. The van der Waals surface area contributed by atoms with E-state index in [4.69, 9.17) is 10.00 Å². The van der Waals surface area contributed by atoms with E-state index in [1.165, 1.54) is 18.2 Å². The van der Waals surface area contributed by atoms with Crippen LogP contribution in [0.4, 0.5) is 5.69 Å². The number of ether oxygens (including phenoxy) is 1. The molecular formula is C17H15N3O4. The van der Waals surface area contributed by atoms with Gasteiger partial charge in [-0.05, 0) is 30.7 Å². The number of hydrogen-bond donors (Lipinski definition) is 1. The van der Waals surface area contributed by atoms with Crippen LogP contribution in [-0.4, -0.2) is 17.4 Å². The zero-order chi connectivity index (χ0) is 17.5. The van der Waals surface area contributed by atoms with Gasteiger partial charge in [0.2, 0.25) is 0 Å². The third-order valence-electron chi connectivity index (χ3n) is 3.34. The van der Waals surface area contributed by atoms with Crippen molar-refractivity contribution < 1.29 is 14.5 Å². The number of amides is 1. The Morgan fingerprint density at radius 2 is 1.96 bits per heavy atom. The van der Waals surface area contributed by atoms with Gasteiger partial charge in [0.25, 0.3) is 5.91 Å². The van der Waals surface area contributed by atoms with Gasteiger partial charge in [0, 0.05) is 6.07 Å². The first-order valence-electron chi connectivity index (χ1n) is 7.17. The fraction of sp³-hybridized carbons (Fsp3) is 0.176. The van der Waals surface area contributed by atoms with Crippen LogP contribution in [0.2, 0.25) is 0 Å². The smallest absolute Gasteiger partial charge is 0.310 e. The molecule has 0 fully saturated rings. The number of carbonyl (C=O) groups is 1. The van der Waals surface area contributed by atoms with Crippen LogP contribution in [0, 0.1) is 21.4 Å². The van der Waals surface area contributed by atoms with E-state index >= 15 is 0 Å². The van der Waals surface area contributed by atoms with E-state index in [9.17, 15) is 14.9 Å². The van der Waals surface area contributed by atoms with Crippen LogP contribution in [0.1, 0.15) is 24.1 Å². The third kappa shape index (κ3) is 4.30. The molecule has 0 aliphatic carbocycles. The Labute approximate surface area is 138 Å². The van der Waals surface area contributed by atoms with Crippen molar-refractivity contribution in [2.45, 2.75) is 13.0 Å². The molecule has 2 aromatic rings. The highest BCUT2D eigenvalue weighted by Crippen LogP contribution is 2.25. The Morgan fingerprint density at radius 1 is 1.29 bits per heavy atom. The highest BCUT2D eigenvalue weighted by molar-refractivity contribution is 5.78. The van der Waals surface area contributed by atoms with Gasteiger partial charge in [-0.15, -0.1) is 0 Å². The van der Waals surface area contributed by atoms with Gasteiger partial charge in [0.1, 0.15) is 0 Å². The molecule has 1 unspecified atom stereocenters. The van der Waals surface area contributed by atoms with E-state index in [2.05, 4.69) is 5.32 Å². The number of nitro groups is 1. The molecule has 24 heavy (non-hydrogen) atoms. The lowest BCUT2D eigenvalue weighted by molar-refractivity contribution is -0.385. The maximum atomic E-state index is 11.9. The molecule has 0 heterocycles. The molecular weight excluding hydrogens is 310 g/mol. The second-order valence-electron chi connectivity index (χ2n) is 5.04. The third-order valence-corrected chi connectivity index (χ3v) is 3.34. The first-order valence-corrected chi connectivity index (χ1v) is 7.17. The maximum Gasteiger partial charge on any atom is 0.310 e. The van der Waals surface area contributed by atoms with E-state index in [0.717, 1.165) is 5.56 Å². The normalized spacial score (nSPS) is 11.2. The van der Waals surface area contributed by atoms with E-state index < -0.39 is 10.8 Å². The lowest BCUT2D eigenvalue weighted by atomic mass is 10.1. The molecule has 2 rings (SSSR count). The predicted molar refractivity (Wildman–Crippen MR) is 86.3 cm³/mol. The van der Waals surface area contributed by atoms with Crippen molar-refractivity contribution in [3.8, 4) is 11.8 Å². The Kier molecular flexibility index (Phi) is 5.47. The monoisotopic (exact) mass is 325 g/mol. The van der Waals surface area contributed by atoms with E-state index in [0.29, 0.717) is 5.56 Å². The van der Waals surface area contributed by atoms with Crippen LogP contribution in [0.5, 0.6) is 5.75 Å². The summed E-state index contributed by atoms with van der Waals surface area (Å²) in [5.74, 6) is -0.353. The molecule has 0 aliphatic rings. The highest BCUT2D eigenvalue weighted by atomic mass is 16.6. The lowest BCUT2D eigenvalue weighted by Crippen LogP contribution is -2.31. The summed E-state index contributed by atoms with van der Waals surface area (Å²) in [6.07, 6.45) is 0. The van der Waals surface area contributed by atoms with Crippen molar-refractivity contribution in [1.82, 2.24) is 5.32 Å². The molecule has 0 saturated heterocycles. The Hall–Kier alpha value is -3.40. The molecule has 0 spiro atoms. The summed E-state index contributed by atoms with van der Waals surface area (Å²) in [5, 5.41) is 22.4. The summed E-state index contributed by atoms with van der Waals surface area (Å²) in [6.45, 7) is 1.47. The van der Waals surface area contributed by atoms with Gasteiger partial charge in [0.05, 0.1) is 22.6 Å². The average Bonchev–Trinajstić information content (AvgIpc) is 2.60. The lowest BCUT2D eigenvalue weighted by Gasteiger charge is -2.14. The van der Waals surface area contributed by atoms with Crippen LogP contribution in [0.25, 0.3) is 0 Å². The number of hydrogen-bond acceptors (Lipinski definition) is 5. The number of nitrogens with zero attached hydrogens (tertiary/aromatic N) is 2. The SMILES string of the molecule is CC(NC(=O)COc1ccccc1[N+](=O)[O-])c1ccc(C#N)cc1. The number of para-hydroxylation sites is 2. The summed E-state index contributed by atoms with van der Waals surface area (Å²) in [4.78, 5) is 22.3. The van der Waals surface area contributed by atoms with E-state index in [-0.39, 0.29) is 24.1 Å². The average molecular weight is 325 g/mol. The number of nitrogens with one attached hydrogen (secondary N) is 1. The molecule has 1 atom stereocenters. The van der Waals surface area contributed by atoms with Gasteiger partial charge in [-0.1, -0.05) is 24.3 Å². The first-order chi connectivity index (χ1) is 11.5. The van der Waals surface area contributed by atoms with Crippen LogP contribution < -0.4 is 10.1 Å². The molecule has 0 aromatic heterocycles. The standard InChI is InChI=1S/C17H15N3O4/c1-12(14-8-6-13(10-18)7-9-14)19-17(21)11-24-16-5-3-2-4-15(16)20(22)23/h2-9,12H,11H2,1H3,(H,19,21). The molecule has 0 bridgehead atoms. The highest BCUT2D eigenvalue weighted by Gasteiger charge is 2.16. The maximum absolute atomic E-state index is 11.9. The number of benzene rings is 2. The van der Waals surface area contributed by atoms with Gasteiger partial charge in [-0.2, -0.15) is 5.26 Å². The molecule has 0 radical (unpaired) electrons. The van der Waals surface area contributed by atoms with Crippen molar-refractivity contribution in [2.24, 2.45) is 0 Å². The van der Waals surface area contributed by atoms with Crippen molar-refractivity contribution in [1.29, 1.82) is 5.26 Å². The summed E-state index contributed by atoms with van der Waals surface area (Å²) in [6, 6.07) is 14.5. The number of rotatable bonds is 6. The molecule has 7 heteroatoms. The quantitative estimate of drug-likeness (QED) is 0.649. The zero-order valence-corrected chi connectivity index (χ0v) is 12.9. The van der Waals surface area contributed by atoms with Gasteiger partial charge in [-0.25, -0.2) is 0 Å². The van der Waals surface area contributed by atoms with Gasteiger partial charge in [0.15, 0.2) is 12.4 Å². The molecule has 7 nitrogen and oxygen atoms in total. The van der Waals surface area contributed by atoms with Crippen LogP contribution in [-0.2, 0) is 4.79 Å². The second-order valence-corrected chi connectivity index (χ2v) is 5.04. The number of nitro benzene ring substituents is 1. The summed E-state index contributed by atoms with van der Waals surface area (Å²) >= 11 is 0. The number of carbonyl (C=O) groups excluding carboxylic acids is 1. The van der Waals surface area contributed by atoms with Gasteiger partial charge < -0.3 is 10.1 Å². The molecule has 1 amide bonds. The van der Waals surface area contributed by atoms with E-state index in [1.807, 2.05) is 6.07 Å². The summed E-state index contributed by atoms with van der Waals surface area (Å²) in [5.41, 5.74) is 1.19. The van der Waals surface area contributed by atoms with Crippen molar-refractivity contribution in [2.75, 3.05) is 6.61 Å². The zero-order valence-electron chi connectivity index (χ0n) is 12.9. The van der Waals surface area contributed by atoms with Gasteiger partial charge >= 0.3 is 5.69 Å². The Balaban J connectivity index is 1.93. The fourth-order valence-electron chi connectivity index (χ4n) is 2.09. The molecule has 1 N–H and O–H groups in total. The summed E-state index contributed by atoms with van der Waals surface area (Å²) < 4.78 is 5.24. The largest absolute Gasteiger partial charge is 0.477 e. The van der Waals surface area contributed by atoms with Crippen molar-refractivity contribution in [3.63, 3.8) is 0 Å². The van der Waals surface area contributed by atoms with Crippen LogP contribution >= 0.6 is 0 Å². The summed E-state index contributed by atoms with van der Waals surface area (Å²) in [7, 11) is 0. The molecule has 2 aromatic carbocycles. The minimum atomic E-state index is -0.563. The van der Waals surface area contributed by atoms with Crippen LogP contribution in [0.15, 0.2) is 48.5 Å². The van der Waals surface area contributed by atoms with Crippen molar-refractivity contribution in [3.05, 3.63) is 69.8 Å². The fourth-order valence-corrected chi connectivity index (χ4v) is 2.09. The van der Waals surface area contributed by atoms with Crippen LogP contribution in [0.3, 0.4) is 0 Å². The molecule has 0 aliphatic heterocycles. The Bertz CT molecular complexity index is 781. The first kappa shape index (κ1) is 17.0. The Morgan fingerprint density at radius 3 is 2.58 bits per heavy atom.